The summed E-state index contributed by atoms with van der Waals surface area (Å²) in [5, 5.41) is 7.43. The molecule has 0 unspecified atom stereocenters. The van der Waals surface area contributed by atoms with Crippen LogP contribution in [-0.4, -0.2) is 30.5 Å². The Morgan fingerprint density at radius 2 is 2.22 bits per heavy atom. The van der Waals surface area contributed by atoms with E-state index in [1.807, 2.05) is 0 Å². The molecule has 0 aromatic carbocycles. The average Bonchev–Trinajstić information content (AvgIpc) is 2.33. The summed E-state index contributed by atoms with van der Waals surface area (Å²) < 4.78 is 0. The maximum atomic E-state index is 4.03. The Kier molecular flexibility index (Phi) is 0.798. The smallest absolute Gasteiger partial charge is 0.130 e. The minimum Gasteiger partial charge on any atom is -0.267 e. The van der Waals surface area contributed by atoms with Gasteiger partial charge in [-0.3, -0.25) is 9.98 Å². The third kappa shape index (κ3) is 0.595. The Balaban J connectivity index is 2.46. The van der Waals surface area contributed by atoms with Crippen LogP contribution in [0.4, 0.5) is 0 Å². The molecule has 0 N–H and O–H groups in total. The minimum atomic E-state index is 0.514. The van der Waals surface area contributed by atoms with Gasteiger partial charge in [0.1, 0.15) is 18.1 Å². The first-order chi connectivity index (χ1) is 4.47. The number of aliphatic imine (C=N–C) groups is 2. The van der Waals surface area contributed by atoms with Crippen LogP contribution in [0.5, 0.6) is 0 Å². The van der Waals surface area contributed by atoms with Gasteiger partial charge in [0.2, 0.25) is 0 Å². The van der Waals surface area contributed by atoms with Crippen molar-refractivity contribution in [2.45, 2.75) is 0 Å². The molecule has 44 valence electrons. The van der Waals surface area contributed by atoms with E-state index in [1.54, 1.807) is 12.4 Å². The van der Waals surface area contributed by atoms with E-state index in [0.29, 0.717) is 6.67 Å². The molecular formula is C5H4N4. The number of fused-ring (bicyclic) bond motifs is 1. The Morgan fingerprint density at radius 3 is 3.11 bits per heavy atom. The molecule has 4 heteroatoms. The summed E-state index contributed by atoms with van der Waals surface area (Å²) in [6.07, 6.45) is 3.33. The van der Waals surface area contributed by atoms with Crippen molar-refractivity contribution >= 4 is 23.9 Å². The van der Waals surface area contributed by atoms with Crippen molar-refractivity contribution in [3.8, 4) is 0 Å². The van der Waals surface area contributed by atoms with E-state index in [1.165, 1.54) is 0 Å². The first kappa shape index (κ1) is 4.55. The van der Waals surface area contributed by atoms with Crippen molar-refractivity contribution in [3.63, 3.8) is 0 Å². The first-order valence-electron chi connectivity index (χ1n) is 2.62. The van der Waals surface area contributed by atoms with Gasteiger partial charge in [-0.1, -0.05) is 0 Å². The van der Waals surface area contributed by atoms with Crippen LogP contribution in [0, 0.1) is 0 Å². The van der Waals surface area contributed by atoms with E-state index in [0.717, 1.165) is 11.4 Å². The van der Waals surface area contributed by atoms with Gasteiger partial charge in [0.25, 0.3) is 0 Å². The molecule has 0 bridgehead atoms. The Bertz CT molecular complexity index is 246. The normalized spacial score (nSPS) is 21.3. The molecule has 0 saturated carbocycles. The maximum Gasteiger partial charge on any atom is 0.130 e. The van der Waals surface area contributed by atoms with Gasteiger partial charge in [0.05, 0.1) is 12.4 Å². The zero-order chi connectivity index (χ0) is 6.10. The van der Waals surface area contributed by atoms with E-state index in [4.69, 9.17) is 0 Å². The minimum absolute atomic E-state index is 0.514. The molecule has 0 atom stereocenters. The van der Waals surface area contributed by atoms with Gasteiger partial charge in [-0.15, -0.1) is 5.10 Å². The SMILES string of the molecule is C1=NCN=C2C=NN=C12. The quantitative estimate of drug-likeness (QED) is 0.429. The molecule has 2 aliphatic rings. The number of rotatable bonds is 0. The van der Waals surface area contributed by atoms with Crippen LogP contribution in [0.25, 0.3) is 0 Å². The lowest BCUT2D eigenvalue weighted by atomic mass is 10.2. The van der Waals surface area contributed by atoms with E-state index in [2.05, 4.69) is 20.2 Å². The highest BCUT2D eigenvalue weighted by Crippen LogP contribution is 1.95. The monoisotopic (exact) mass is 120 g/mol. The summed E-state index contributed by atoms with van der Waals surface area (Å²) in [6, 6.07) is 0. The van der Waals surface area contributed by atoms with Crippen LogP contribution >= 0.6 is 0 Å². The van der Waals surface area contributed by atoms with Crippen molar-refractivity contribution in [2.75, 3.05) is 6.67 Å². The highest BCUT2D eigenvalue weighted by molar-refractivity contribution is 6.77. The van der Waals surface area contributed by atoms with Gasteiger partial charge < -0.3 is 0 Å². The Labute approximate surface area is 51.7 Å². The molecule has 2 rings (SSSR count). The van der Waals surface area contributed by atoms with E-state index in [9.17, 15) is 0 Å². The maximum absolute atomic E-state index is 4.03. The molecule has 0 spiro atoms. The molecule has 0 radical (unpaired) electrons. The van der Waals surface area contributed by atoms with E-state index in [-0.39, 0.29) is 0 Å². The molecule has 0 aliphatic carbocycles. The summed E-state index contributed by atoms with van der Waals surface area (Å²) in [5.41, 5.74) is 1.63. The van der Waals surface area contributed by atoms with Gasteiger partial charge in [0.15, 0.2) is 0 Å². The topological polar surface area (TPSA) is 49.4 Å². The summed E-state index contributed by atoms with van der Waals surface area (Å²) >= 11 is 0. The lowest BCUT2D eigenvalue weighted by molar-refractivity contribution is 1.08. The van der Waals surface area contributed by atoms with Crippen LogP contribution < -0.4 is 0 Å². The van der Waals surface area contributed by atoms with Crippen LogP contribution in [-0.2, 0) is 0 Å². The molecule has 0 aromatic rings. The first-order valence-corrected chi connectivity index (χ1v) is 2.62. The lowest BCUT2D eigenvalue weighted by Crippen LogP contribution is -2.16. The Morgan fingerprint density at radius 1 is 1.22 bits per heavy atom. The largest absolute Gasteiger partial charge is 0.267 e. The van der Waals surface area contributed by atoms with E-state index >= 15 is 0 Å². The van der Waals surface area contributed by atoms with E-state index < -0.39 is 0 Å². The van der Waals surface area contributed by atoms with Gasteiger partial charge in [-0.05, 0) is 0 Å². The predicted molar refractivity (Wildman–Crippen MR) is 36.7 cm³/mol. The Hall–Kier alpha value is -1.32. The van der Waals surface area contributed by atoms with Gasteiger partial charge in [0, 0.05) is 0 Å². The third-order valence-corrected chi connectivity index (χ3v) is 1.14. The highest BCUT2D eigenvalue weighted by Gasteiger charge is 2.10. The van der Waals surface area contributed by atoms with Crippen molar-refractivity contribution in [3.05, 3.63) is 0 Å². The number of nitrogens with zero attached hydrogens (tertiary/aromatic N) is 4. The fourth-order valence-corrected chi connectivity index (χ4v) is 0.721. The summed E-state index contributed by atoms with van der Waals surface area (Å²) in [5.74, 6) is 0. The standard InChI is InChI=1S/C5H4N4/c1-5-4(2-8-9-5)7-3-6-1/h1-2H,3H2. The van der Waals surface area contributed by atoms with Crippen molar-refractivity contribution < 1.29 is 0 Å². The zero-order valence-electron chi connectivity index (χ0n) is 4.65. The average molecular weight is 120 g/mol. The van der Waals surface area contributed by atoms with Crippen LogP contribution in [0.3, 0.4) is 0 Å². The summed E-state index contributed by atoms with van der Waals surface area (Å²) in [7, 11) is 0. The third-order valence-electron chi connectivity index (χ3n) is 1.14. The lowest BCUT2D eigenvalue weighted by Gasteiger charge is -1.96. The molecular weight excluding hydrogens is 116 g/mol. The van der Waals surface area contributed by atoms with Crippen LogP contribution in [0.15, 0.2) is 20.2 Å². The summed E-state index contributed by atoms with van der Waals surface area (Å²) in [6.45, 7) is 0.514. The fraction of sp³-hybridized carbons (Fsp3) is 0.200. The second-order valence-electron chi connectivity index (χ2n) is 1.73. The molecule has 9 heavy (non-hydrogen) atoms. The van der Waals surface area contributed by atoms with Gasteiger partial charge >= 0.3 is 0 Å². The second kappa shape index (κ2) is 1.58. The van der Waals surface area contributed by atoms with Gasteiger partial charge in [-0.2, -0.15) is 5.10 Å². The predicted octanol–water partition coefficient (Wildman–Crippen LogP) is -0.0903. The highest BCUT2D eigenvalue weighted by atomic mass is 15.2. The molecule has 4 nitrogen and oxygen atoms in total. The summed E-state index contributed by atoms with van der Waals surface area (Å²) in [4.78, 5) is 7.93. The van der Waals surface area contributed by atoms with Crippen molar-refractivity contribution in [2.24, 2.45) is 20.2 Å². The van der Waals surface area contributed by atoms with Crippen molar-refractivity contribution in [1.29, 1.82) is 0 Å². The molecule has 2 aliphatic heterocycles. The second-order valence-corrected chi connectivity index (χ2v) is 1.73. The van der Waals surface area contributed by atoms with Crippen LogP contribution in [0.2, 0.25) is 0 Å². The van der Waals surface area contributed by atoms with Crippen LogP contribution in [0.1, 0.15) is 0 Å². The fourth-order valence-electron chi connectivity index (χ4n) is 0.721. The number of hydrogen-bond donors (Lipinski definition) is 0. The molecule has 0 amide bonds. The van der Waals surface area contributed by atoms with Gasteiger partial charge in [-0.25, -0.2) is 0 Å². The van der Waals surface area contributed by atoms with Crippen molar-refractivity contribution in [1.82, 2.24) is 0 Å². The zero-order valence-corrected chi connectivity index (χ0v) is 4.65. The molecule has 0 aromatic heterocycles. The number of hydrogen-bond acceptors (Lipinski definition) is 4. The molecule has 2 heterocycles. The molecule has 0 fully saturated rings. The molecule has 0 saturated heterocycles.